The van der Waals surface area contributed by atoms with Gasteiger partial charge in [0.1, 0.15) is 11.5 Å². The van der Waals surface area contributed by atoms with Crippen molar-refractivity contribution in [3.63, 3.8) is 0 Å². The molecule has 5 heteroatoms. The van der Waals surface area contributed by atoms with Crippen molar-refractivity contribution in [2.75, 3.05) is 6.61 Å². The molecule has 0 fully saturated rings. The van der Waals surface area contributed by atoms with E-state index in [9.17, 15) is 14.7 Å². The van der Waals surface area contributed by atoms with Crippen molar-refractivity contribution in [1.82, 2.24) is 0 Å². The Morgan fingerprint density at radius 2 is 1.75 bits per heavy atom. The molecule has 0 saturated heterocycles. The van der Waals surface area contributed by atoms with E-state index in [4.69, 9.17) is 9.47 Å². The van der Waals surface area contributed by atoms with Gasteiger partial charge in [-0.15, -0.1) is 0 Å². The number of benzene rings is 2. The molecule has 1 N–H and O–H groups in total. The highest BCUT2D eigenvalue weighted by Crippen LogP contribution is 2.24. The van der Waals surface area contributed by atoms with Gasteiger partial charge in [0.2, 0.25) is 0 Å². The molecule has 0 bridgehead atoms. The van der Waals surface area contributed by atoms with Crippen LogP contribution in [0.25, 0.3) is 0 Å². The van der Waals surface area contributed by atoms with Crippen LogP contribution in [0.3, 0.4) is 0 Å². The van der Waals surface area contributed by atoms with Crippen LogP contribution in [0.4, 0.5) is 0 Å². The Balaban J connectivity index is 1.95. The Morgan fingerprint density at radius 1 is 1.08 bits per heavy atom. The van der Waals surface area contributed by atoms with Crippen molar-refractivity contribution >= 4 is 11.9 Å². The van der Waals surface area contributed by atoms with E-state index in [1.165, 1.54) is 24.3 Å². The predicted octanol–water partition coefficient (Wildman–Crippen LogP) is 3.59. The molecular weight excluding hydrogens is 308 g/mol. The number of hydrogen-bond acceptors (Lipinski definition) is 5. The summed E-state index contributed by atoms with van der Waals surface area (Å²) in [6.07, 6.45) is 0. The lowest BCUT2D eigenvalue weighted by molar-refractivity contribution is -0.137. The first-order chi connectivity index (χ1) is 11.4. The molecule has 2 aromatic carbocycles. The minimum Gasteiger partial charge on any atom is -0.508 e. The van der Waals surface area contributed by atoms with Crippen LogP contribution in [0.15, 0.2) is 42.5 Å². The molecule has 0 aliphatic rings. The maximum Gasteiger partial charge on any atom is 0.349 e. The Morgan fingerprint density at radius 3 is 2.38 bits per heavy atom. The highest BCUT2D eigenvalue weighted by molar-refractivity contribution is 5.91. The smallest absolute Gasteiger partial charge is 0.349 e. The van der Waals surface area contributed by atoms with Crippen molar-refractivity contribution in [2.24, 2.45) is 0 Å². The number of phenolic OH excluding ortho intramolecular Hbond substituents is 1. The largest absolute Gasteiger partial charge is 0.508 e. The number of ether oxygens (including phenoxy) is 2. The molecule has 5 nitrogen and oxygen atoms in total. The molecule has 24 heavy (non-hydrogen) atoms. The van der Waals surface area contributed by atoms with E-state index in [0.717, 1.165) is 11.1 Å². The third kappa shape index (κ3) is 4.59. The molecule has 0 aliphatic heterocycles. The zero-order valence-corrected chi connectivity index (χ0v) is 13.9. The fourth-order valence-corrected chi connectivity index (χ4v) is 2.04. The number of aryl methyl sites for hydroxylation is 1. The van der Waals surface area contributed by atoms with Crippen LogP contribution >= 0.6 is 0 Å². The number of esters is 2. The minimum absolute atomic E-state index is 0.0477. The molecule has 0 radical (unpaired) electrons. The predicted molar refractivity (Wildman–Crippen MR) is 89.3 cm³/mol. The second-order valence-electron chi connectivity index (χ2n) is 5.78. The van der Waals surface area contributed by atoms with Crippen LogP contribution < -0.4 is 4.74 Å². The van der Waals surface area contributed by atoms with Gasteiger partial charge in [-0.05, 0) is 54.3 Å². The Labute approximate surface area is 140 Å². The normalized spacial score (nSPS) is 10.5. The molecule has 0 aromatic heterocycles. The van der Waals surface area contributed by atoms with Crippen molar-refractivity contribution in [2.45, 2.75) is 26.7 Å². The highest BCUT2D eigenvalue weighted by atomic mass is 16.6. The van der Waals surface area contributed by atoms with Gasteiger partial charge < -0.3 is 14.6 Å². The molecular formula is C19H20O5. The first-order valence-electron chi connectivity index (χ1n) is 7.64. The molecule has 0 heterocycles. The van der Waals surface area contributed by atoms with E-state index in [2.05, 4.69) is 13.8 Å². The van der Waals surface area contributed by atoms with E-state index in [1.54, 1.807) is 0 Å². The van der Waals surface area contributed by atoms with Crippen molar-refractivity contribution in [3.05, 3.63) is 59.2 Å². The number of hydrogen-bond donors (Lipinski definition) is 1. The van der Waals surface area contributed by atoms with Gasteiger partial charge in [-0.3, -0.25) is 0 Å². The molecule has 2 rings (SSSR count). The molecule has 0 saturated carbocycles. The molecule has 0 atom stereocenters. The van der Waals surface area contributed by atoms with Crippen LogP contribution in [0.2, 0.25) is 0 Å². The zero-order valence-electron chi connectivity index (χ0n) is 13.9. The summed E-state index contributed by atoms with van der Waals surface area (Å²) in [6, 6.07) is 11.3. The van der Waals surface area contributed by atoms with E-state index < -0.39 is 18.5 Å². The fraction of sp³-hybridized carbons (Fsp3) is 0.263. The molecule has 0 unspecified atom stereocenters. The fourth-order valence-electron chi connectivity index (χ4n) is 2.04. The van der Waals surface area contributed by atoms with Crippen molar-refractivity contribution in [1.29, 1.82) is 0 Å². The third-order valence-corrected chi connectivity index (χ3v) is 3.53. The van der Waals surface area contributed by atoms with E-state index in [-0.39, 0.29) is 11.3 Å². The number of rotatable bonds is 5. The Hall–Kier alpha value is -2.82. The van der Waals surface area contributed by atoms with Gasteiger partial charge in [-0.1, -0.05) is 26.0 Å². The zero-order chi connectivity index (χ0) is 17.7. The van der Waals surface area contributed by atoms with Gasteiger partial charge in [0, 0.05) is 0 Å². The number of aromatic hydroxyl groups is 1. The van der Waals surface area contributed by atoms with Crippen molar-refractivity contribution in [3.8, 4) is 11.5 Å². The number of carbonyl (C=O) groups excluding carboxylic acids is 2. The number of carbonyl (C=O) groups is 2. The summed E-state index contributed by atoms with van der Waals surface area (Å²) in [6.45, 7) is 5.46. The summed E-state index contributed by atoms with van der Waals surface area (Å²) in [5.74, 6) is -0.473. The topological polar surface area (TPSA) is 72.8 Å². The second-order valence-corrected chi connectivity index (χ2v) is 5.78. The molecule has 0 spiro atoms. The summed E-state index contributed by atoms with van der Waals surface area (Å²) >= 11 is 0. The SMILES string of the molecule is Cc1ccc(C(C)C)cc1OC(=O)COC(=O)c1ccc(O)cc1. The Kier molecular flexibility index (Phi) is 5.58. The average molecular weight is 328 g/mol. The average Bonchev–Trinajstić information content (AvgIpc) is 2.55. The lowest BCUT2D eigenvalue weighted by Crippen LogP contribution is -2.19. The van der Waals surface area contributed by atoms with Crippen LogP contribution in [0.5, 0.6) is 11.5 Å². The van der Waals surface area contributed by atoms with Gasteiger partial charge in [0.15, 0.2) is 6.61 Å². The Bertz CT molecular complexity index is 732. The third-order valence-electron chi connectivity index (χ3n) is 3.53. The van der Waals surface area contributed by atoms with Crippen LogP contribution in [0, 0.1) is 6.92 Å². The van der Waals surface area contributed by atoms with Gasteiger partial charge >= 0.3 is 11.9 Å². The summed E-state index contributed by atoms with van der Waals surface area (Å²) in [7, 11) is 0. The first kappa shape index (κ1) is 17.5. The molecule has 0 aliphatic carbocycles. The lowest BCUT2D eigenvalue weighted by Gasteiger charge is -2.11. The van der Waals surface area contributed by atoms with E-state index >= 15 is 0 Å². The second kappa shape index (κ2) is 7.64. The summed E-state index contributed by atoms with van der Waals surface area (Å²) < 4.78 is 10.2. The summed E-state index contributed by atoms with van der Waals surface area (Å²) in [5, 5.41) is 9.18. The standard InChI is InChI=1S/C19H20O5/c1-12(2)15-5-4-13(3)17(10-15)24-18(21)11-23-19(22)14-6-8-16(20)9-7-14/h4-10,12,20H,11H2,1-3H3. The highest BCUT2D eigenvalue weighted by Gasteiger charge is 2.13. The van der Waals surface area contributed by atoms with E-state index in [0.29, 0.717) is 11.7 Å². The van der Waals surface area contributed by atoms with Crippen LogP contribution in [0.1, 0.15) is 41.3 Å². The van der Waals surface area contributed by atoms with Crippen molar-refractivity contribution < 1.29 is 24.2 Å². The maximum atomic E-state index is 11.9. The number of phenols is 1. The first-order valence-corrected chi connectivity index (χ1v) is 7.64. The molecule has 126 valence electrons. The monoisotopic (exact) mass is 328 g/mol. The maximum absolute atomic E-state index is 11.9. The van der Waals surface area contributed by atoms with Gasteiger partial charge in [-0.25, -0.2) is 9.59 Å². The molecule has 2 aromatic rings. The van der Waals surface area contributed by atoms with Gasteiger partial charge in [0.25, 0.3) is 0 Å². The van der Waals surface area contributed by atoms with Crippen LogP contribution in [-0.2, 0) is 9.53 Å². The summed E-state index contributed by atoms with van der Waals surface area (Å²) in [5.41, 5.74) is 2.14. The van der Waals surface area contributed by atoms with E-state index in [1.807, 2.05) is 25.1 Å². The van der Waals surface area contributed by atoms with Crippen LogP contribution in [-0.4, -0.2) is 23.7 Å². The van der Waals surface area contributed by atoms with Gasteiger partial charge in [0.05, 0.1) is 5.56 Å². The quantitative estimate of drug-likeness (QED) is 0.671. The lowest BCUT2D eigenvalue weighted by atomic mass is 10.0. The molecule has 0 amide bonds. The summed E-state index contributed by atoms with van der Waals surface area (Å²) in [4.78, 5) is 23.7. The van der Waals surface area contributed by atoms with Gasteiger partial charge in [-0.2, -0.15) is 0 Å². The minimum atomic E-state index is -0.653.